The quantitative estimate of drug-likeness (QED) is 0.893. The van der Waals surface area contributed by atoms with Crippen LogP contribution in [0.1, 0.15) is 60.6 Å². The first-order chi connectivity index (χ1) is 12.5. The zero-order valence-electron chi connectivity index (χ0n) is 15.6. The van der Waals surface area contributed by atoms with E-state index in [1.54, 1.807) is 0 Å². The Morgan fingerprint density at radius 1 is 1.27 bits per heavy atom. The predicted octanol–water partition coefficient (Wildman–Crippen LogP) is 1.90. The van der Waals surface area contributed by atoms with Crippen molar-refractivity contribution < 1.29 is 9.59 Å². The number of pyridine rings is 1. The fraction of sp³-hybridized carbons (Fsp3) is 0.650. The molecule has 0 saturated carbocycles. The first-order valence-corrected chi connectivity index (χ1v) is 9.91. The van der Waals surface area contributed by atoms with Crippen LogP contribution in [-0.2, 0) is 17.6 Å². The standard InChI is InChI=1S/C20H28N4O2/c1-2-9-23-10-4-7-20(19(23)26)8-11-24(13-20)18-15(17(21)25)12-14-5-3-6-16(14)22-18/h12H,2-11,13H2,1H3,(H2,21,25)/t20-/m0/s1. The average Bonchev–Trinajstić information content (AvgIpc) is 3.25. The highest BCUT2D eigenvalue weighted by Gasteiger charge is 2.48. The van der Waals surface area contributed by atoms with Gasteiger partial charge >= 0.3 is 0 Å². The SMILES string of the molecule is CCCN1CCC[C@@]2(CCN(c3nc4c(cc3C(N)=O)CCC4)C2)C1=O. The Bertz CT molecular complexity index is 746. The summed E-state index contributed by atoms with van der Waals surface area (Å²) in [7, 11) is 0. The summed E-state index contributed by atoms with van der Waals surface area (Å²) < 4.78 is 0. The molecule has 2 amide bonds. The maximum atomic E-state index is 13.1. The van der Waals surface area contributed by atoms with Crippen LogP contribution in [0, 0.1) is 5.41 Å². The van der Waals surface area contributed by atoms with Crippen LogP contribution in [0.3, 0.4) is 0 Å². The van der Waals surface area contributed by atoms with E-state index in [0.29, 0.717) is 17.9 Å². The summed E-state index contributed by atoms with van der Waals surface area (Å²) in [5.41, 5.74) is 8.09. The number of fused-ring (bicyclic) bond motifs is 1. The molecule has 1 aromatic rings. The number of nitrogens with zero attached hydrogens (tertiary/aromatic N) is 3. The number of hydrogen-bond donors (Lipinski definition) is 1. The van der Waals surface area contributed by atoms with Gasteiger partial charge in [0.2, 0.25) is 5.91 Å². The third kappa shape index (κ3) is 2.75. The van der Waals surface area contributed by atoms with E-state index in [-0.39, 0.29) is 11.3 Å². The Labute approximate surface area is 154 Å². The molecule has 4 rings (SSSR count). The lowest BCUT2D eigenvalue weighted by Gasteiger charge is -2.39. The van der Waals surface area contributed by atoms with E-state index in [4.69, 9.17) is 10.7 Å². The molecule has 0 aromatic carbocycles. The number of hydrogen-bond acceptors (Lipinski definition) is 4. The van der Waals surface area contributed by atoms with Gasteiger partial charge in [0.15, 0.2) is 0 Å². The second-order valence-electron chi connectivity index (χ2n) is 8.03. The van der Waals surface area contributed by atoms with Crippen molar-refractivity contribution >= 4 is 17.6 Å². The van der Waals surface area contributed by atoms with Crippen molar-refractivity contribution in [2.45, 2.75) is 51.9 Å². The number of rotatable bonds is 4. The normalized spacial score (nSPS) is 25.2. The van der Waals surface area contributed by atoms with Gasteiger partial charge in [-0.1, -0.05) is 6.92 Å². The van der Waals surface area contributed by atoms with Gasteiger partial charge in [0.1, 0.15) is 5.82 Å². The second kappa shape index (κ2) is 6.56. The van der Waals surface area contributed by atoms with Crippen molar-refractivity contribution in [3.63, 3.8) is 0 Å². The molecule has 0 radical (unpaired) electrons. The molecular weight excluding hydrogens is 328 g/mol. The minimum Gasteiger partial charge on any atom is -0.365 e. The molecule has 2 N–H and O–H groups in total. The van der Waals surface area contributed by atoms with E-state index in [0.717, 1.165) is 75.8 Å². The Morgan fingerprint density at radius 3 is 2.88 bits per heavy atom. The third-order valence-electron chi connectivity index (χ3n) is 6.27. The molecule has 0 unspecified atom stereocenters. The van der Waals surface area contributed by atoms with Crippen LogP contribution in [0.15, 0.2) is 6.07 Å². The molecule has 2 aliphatic heterocycles. The second-order valence-corrected chi connectivity index (χ2v) is 8.03. The number of amides is 2. The lowest BCUT2D eigenvalue weighted by atomic mass is 9.78. The van der Waals surface area contributed by atoms with E-state index in [9.17, 15) is 9.59 Å². The van der Waals surface area contributed by atoms with Crippen LogP contribution in [0.2, 0.25) is 0 Å². The minimum atomic E-state index is -0.425. The smallest absolute Gasteiger partial charge is 0.252 e. The largest absolute Gasteiger partial charge is 0.365 e. The maximum Gasteiger partial charge on any atom is 0.252 e. The van der Waals surface area contributed by atoms with Gasteiger partial charge in [0.25, 0.3) is 5.91 Å². The van der Waals surface area contributed by atoms with Crippen LogP contribution in [0.25, 0.3) is 0 Å². The molecule has 3 aliphatic rings. The Morgan fingerprint density at radius 2 is 2.12 bits per heavy atom. The third-order valence-corrected chi connectivity index (χ3v) is 6.27. The Hall–Kier alpha value is -2.11. The molecule has 6 nitrogen and oxygen atoms in total. The van der Waals surface area contributed by atoms with Crippen molar-refractivity contribution in [1.29, 1.82) is 0 Å². The van der Waals surface area contributed by atoms with Crippen molar-refractivity contribution in [2.75, 3.05) is 31.1 Å². The number of piperidine rings is 1. The highest BCUT2D eigenvalue weighted by atomic mass is 16.2. The lowest BCUT2D eigenvalue weighted by molar-refractivity contribution is -0.145. The topological polar surface area (TPSA) is 79.5 Å². The number of nitrogens with two attached hydrogens (primary N) is 1. The molecular formula is C20H28N4O2. The average molecular weight is 356 g/mol. The number of carbonyl (C=O) groups excluding carboxylic acids is 2. The number of anilines is 1. The van der Waals surface area contributed by atoms with Crippen molar-refractivity contribution in [3.05, 3.63) is 22.9 Å². The summed E-state index contributed by atoms with van der Waals surface area (Å²) in [6.45, 7) is 5.24. The van der Waals surface area contributed by atoms with Gasteiger partial charge in [0.05, 0.1) is 11.0 Å². The van der Waals surface area contributed by atoms with Gasteiger partial charge in [-0.3, -0.25) is 9.59 Å². The number of primary amides is 1. The number of aromatic nitrogens is 1. The van der Waals surface area contributed by atoms with Crippen LogP contribution >= 0.6 is 0 Å². The number of likely N-dealkylation sites (tertiary alicyclic amines) is 1. The van der Waals surface area contributed by atoms with E-state index < -0.39 is 5.91 Å². The van der Waals surface area contributed by atoms with E-state index in [1.807, 2.05) is 11.0 Å². The Balaban J connectivity index is 1.63. The first-order valence-electron chi connectivity index (χ1n) is 9.91. The molecule has 2 saturated heterocycles. The molecule has 2 fully saturated rings. The fourth-order valence-electron chi connectivity index (χ4n) is 4.95. The summed E-state index contributed by atoms with van der Waals surface area (Å²) >= 11 is 0. The molecule has 140 valence electrons. The van der Waals surface area contributed by atoms with E-state index in [2.05, 4.69) is 11.8 Å². The van der Waals surface area contributed by atoms with Crippen molar-refractivity contribution in [2.24, 2.45) is 11.1 Å². The van der Waals surface area contributed by atoms with Gasteiger partial charge < -0.3 is 15.5 Å². The zero-order valence-corrected chi connectivity index (χ0v) is 15.6. The van der Waals surface area contributed by atoms with E-state index >= 15 is 0 Å². The monoisotopic (exact) mass is 356 g/mol. The van der Waals surface area contributed by atoms with Gasteiger partial charge in [-0.15, -0.1) is 0 Å². The molecule has 3 heterocycles. The number of aryl methyl sites for hydroxylation is 2. The molecule has 1 atom stereocenters. The first kappa shape index (κ1) is 17.3. The van der Waals surface area contributed by atoms with Gasteiger partial charge in [-0.25, -0.2) is 4.98 Å². The van der Waals surface area contributed by atoms with Crippen molar-refractivity contribution in [1.82, 2.24) is 9.88 Å². The van der Waals surface area contributed by atoms with Crippen LogP contribution < -0.4 is 10.6 Å². The summed E-state index contributed by atoms with van der Waals surface area (Å²) in [5.74, 6) is 0.552. The number of carbonyl (C=O) groups is 2. The van der Waals surface area contributed by atoms with Gasteiger partial charge in [-0.2, -0.15) is 0 Å². The molecule has 1 aromatic heterocycles. The minimum absolute atomic E-state index is 0.287. The predicted molar refractivity (Wildman–Crippen MR) is 100 cm³/mol. The highest BCUT2D eigenvalue weighted by molar-refractivity contribution is 5.98. The molecule has 1 aliphatic carbocycles. The highest BCUT2D eigenvalue weighted by Crippen LogP contribution is 2.42. The molecule has 26 heavy (non-hydrogen) atoms. The van der Waals surface area contributed by atoms with Crippen molar-refractivity contribution in [3.8, 4) is 0 Å². The summed E-state index contributed by atoms with van der Waals surface area (Å²) in [6.07, 6.45) is 6.82. The summed E-state index contributed by atoms with van der Waals surface area (Å²) in [4.78, 5) is 34.1. The molecule has 6 heteroatoms. The summed E-state index contributed by atoms with van der Waals surface area (Å²) in [6, 6.07) is 1.93. The Kier molecular flexibility index (Phi) is 4.37. The zero-order chi connectivity index (χ0) is 18.3. The molecule has 0 bridgehead atoms. The molecule has 1 spiro atoms. The van der Waals surface area contributed by atoms with Crippen LogP contribution in [0.5, 0.6) is 0 Å². The van der Waals surface area contributed by atoms with E-state index in [1.165, 1.54) is 0 Å². The summed E-state index contributed by atoms with van der Waals surface area (Å²) in [5, 5.41) is 0. The lowest BCUT2D eigenvalue weighted by Crippen LogP contribution is -2.50. The maximum absolute atomic E-state index is 13.1. The fourth-order valence-corrected chi connectivity index (χ4v) is 4.95. The van der Waals surface area contributed by atoms with Gasteiger partial charge in [0, 0.05) is 31.9 Å². The van der Waals surface area contributed by atoms with Crippen LogP contribution in [-0.4, -0.2) is 47.9 Å². The van der Waals surface area contributed by atoms with Gasteiger partial charge in [-0.05, 0) is 56.6 Å². The van der Waals surface area contributed by atoms with Crippen LogP contribution in [0.4, 0.5) is 5.82 Å².